The zero-order valence-corrected chi connectivity index (χ0v) is 19.0. The van der Waals surface area contributed by atoms with E-state index >= 15 is 0 Å². The summed E-state index contributed by atoms with van der Waals surface area (Å²) in [6.07, 6.45) is 4.09. The molecule has 0 saturated heterocycles. The van der Waals surface area contributed by atoms with Gasteiger partial charge in [-0.25, -0.2) is 0 Å². The summed E-state index contributed by atoms with van der Waals surface area (Å²) in [5.41, 5.74) is 1.21. The van der Waals surface area contributed by atoms with Gasteiger partial charge in [0, 0.05) is 13.0 Å². The minimum absolute atomic E-state index is 0.152. The van der Waals surface area contributed by atoms with Gasteiger partial charge >= 0.3 is 0 Å². The highest BCUT2D eigenvalue weighted by Crippen LogP contribution is 2.29. The quantitative estimate of drug-likeness (QED) is 0.442. The van der Waals surface area contributed by atoms with Crippen LogP contribution in [0.25, 0.3) is 0 Å². The summed E-state index contributed by atoms with van der Waals surface area (Å²) < 4.78 is 5.73. The van der Waals surface area contributed by atoms with E-state index in [0.717, 1.165) is 38.3 Å². The number of benzene rings is 1. The Bertz CT molecular complexity index is 534. The Hall–Kier alpha value is -1.55. The van der Waals surface area contributed by atoms with E-state index in [1.807, 2.05) is 26.0 Å². The largest absolute Gasteiger partial charge is 0.491 e. The molecule has 0 aliphatic carbocycles. The third-order valence-electron chi connectivity index (χ3n) is 4.94. The van der Waals surface area contributed by atoms with E-state index in [1.165, 1.54) is 18.4 Å². The number of amides is 1. The van der Waals surface area contributed by atoms with Crippen LogP contribution in [0.1, 0.15) is 78.7 Å². The SMILES string of the molecule is CCCN(CCC)CCCNC(=O)CC(c1ccc(OC(C)C)cc1)C(C)C. The molecule has 0 saturated carbocycles. The van der Waals surface area contributed by atoms with Crippen molar-refractivity contribution in [3.8, 4) is 5.75 Å². The van der Waals surface area contributed by atoms with E-state index < -0.39 is 0 Å². The molecule has 1 atom stereocenters. The Kier molecular flexibility index (Phi) is 11.9. The molecule has 0 radical (unpaired) electrons. The Morgan fingerprint density at radius 2 is 1.61 bits per heavy atom. The molecule has 1 unspecified atom stereocenters. The number of nitrogens with zero attached hydrogens (tertiary/aromatic N) is 1. The van der Waals surface area contributed by atoms with Crippen LogP contribution in [-0.2, 0) is 4.79 Å². The first-order chi connectivity index (χ1) is 13.4. The van der Waals surface area contributed by atoms with Gasteiger partial charge in [-0.3, -0.25) is 4.79 Å². The molecule has 160 valence electrons. The molecule has 1 amide bonds. The van der Waals surface area contributed by atoms with Gasteiger partial charge in [0.1, 0.15) is 5.75 Å². The van der Waals surface area contributed by atoms with Gasteiger partial charge in [-0.15, -0.1) is 0 Å². The van der Waals surface area contributed by atoms with Crippen molar-refractivity contribution >= 4 is 5.91 Å². The van der Waals surface area contributed by atoms with Gasteiger partial charge in [0.05, 0.1) is 6.10 Å². The number of carbonyl (C=O) groups excluding carboxylic acids is 1. The maximum atomic E-state index is 12.5. The van der Waals surface area contributed by atoms with Crippen LogP contribution in [0.15, 0.2) is 24.3 Å². The van der Waals surface area contributed by atoms with E-state index in [0.29, 0.717) is 12.3 Å². The first-order valence-electron chi connectivity index (χ1n) is 11.1. The van der Waals surface area contributed by atoms with Gasteiger partial charge in [-0.05, 0) is 82.3 Å². The highest BCUT2D eigenvalue weighted by molar-refractivity contribution is 5.76. The van der Waals surface area contributed by atoms with Gasteiger partial charge in [0.25, 0.3) is 0 Å². The molecule has 0 spiro atoms. The van der Waals surface area contributed by atoms with Crippen molar-refractivity contribution in [1.82, 2.24) is 10.2 Å². The summed E-state index contributed by atoms with van der Waals surface area (Å²) in [6, 6.07) is 8.23. The van der Waals surface area contributed by atoms with Crippen molar-refractivity contribution < 1.29 is 9.53 Å². The summed E-state index contributed by atoms with van der Waals surface area (Å²) in [5.74, 6) is 1.67. The smallest absolute Gasteiger partial charge is 0.220 e. The normalized spacial score (nSPS) is 12.6. The number of hydrogen-bond donors (Lipinski definition) is 1. The van der Waals surface area contributed by atoms with Gasteiger partial charge in [0.15, 0.2) is 0 Å². The maximum Gasteiger partial charge on any atom is 0.220 e. The number of ether oxygens (including phenoxy) is 1. The average Bonchev–Trinajstić information content (AvgIpc) is 2.63. The molecule has 1 rings (SSSR count). The fraction of sp³-hybridized carbons (Fsp3) is 0.708. The van der Waals surface area contributed by atoms with Crippen molar-refractivity contribution in [3.63, 3.8) is 0 Å². The predicted molar refractivity (Wildman–Crippen MR) is 119 cm³/mol. The van der Waals surface area contributed by atoms with Crippen LogP contribution in [0.2, 0.25) is 0 Å². The van der Waals surface area contributed by atoms with Crippen LogP contribution < -0.4 is 10.1 Å². The molecule has 0 heterocycles. The minimum atomic E-state index is 0.152. The Labute approximate surface area is 173 Å². The summed E-state index contributed by atoms with van der Waals surface area (Å²) in [6.45, 7) is 17.0. The summed E-state index contributed by atoms with van der Waals surface area (Å²) in [5, 5.41) is 3.12. The van der Waals surface area contributed by atoms with Crippen molar-refractivity contribution in [2.24, 2.45) is 5.92 Å². The lowest BCUT2D eigenvalue weighted by atomic mass is 9.85. The van der Waals surface area contributed by atoms with Crippen molar-refractivity contribution in [3.05, 3.63) is 29.8 Å². The van der Waals surface area contributed by atoms with Crippen LogP contribution >= 0.6 is 0 Å². The molecule has 0 aromatic heterocycles. The van der Waals surface area contributed by atoms with Crippen molar-refractivity contribution in [2.75, 3.05) is 26.2 Å². The second-order valence-electron chi connectivity index (χ2n) is 8.34. The van der Waals surface area contributed by atoms with Gasteiger partial charge in [-0.1, -0.05) is 39.8 Å². The van der Waals surface area contributed by atoms with Crippen LogP contribution in [0.5, 0.6) is 5.75 Å². The molecule has 4 nitrogen and oxygen atoms in total. The molecule has 1 aromatic rings. The topological polar surface area (TPSA) is 41.6 Å². The Morgan fingerprint density at radius 3 is 2.11 bits per heavy atom. The van der Waals surface area contributed by atoms with Gasteiger partial charge in [0.2, 0.25) is 5.91 Å². The van der Waals surface area contributed by atoms with Crippen molar-refractivity contribution in [1.29, 1.82) is 0 Å². The molecule has 1 aromatic carbocycles. The number of rotatable bonds is 14. The van der Waals surface area contributed by atoms with E-state index in [1.54, 1.807) is 0 Å². The first-order valence-corrected chi connectivity index (χ1v) is 11.1. The summed E-state index contributed by atoms with van der Waals surface area (Å²) in [7, 11) is 0. The fourth-order valence-electron chi connectivity index (χ4n) is 3.57. The molecule has 28 heavy (non-hydrogen) atoms. The molecular formula is C24H42N2O2. The van der Waals surface area contributed by atoms with E-state index in [-0.39, 0.29) is 17.9 Å². The lowest BCUT2D eigenvalue weighted by Crippen LogP contribution is -2.32. The molecule has 4 heteroatoms. The third kappa shape index (κ3) is 9.59. The average molecular weight is 391 g/mol. The zero-order valence-electron chi connectivity index (χ0n) is 19.0. The second kappa shape index (κ2) is 13.6. The molecule has 0 aliphatic rings. The second-order valence-corrected chi connectivity index (χ2v) is 8.34. The molecule has 0 aliphatic heterocycles. The Morgan fingerprint density at radius 1 is 1.00 bits per heavy atom. The number of nitrogens with one attached hydrogen (secondary N) is 1. The fourth-order valence-corrected chi connectivity index (χ4v) is 3.57. The number of carbonyl (C=O) groups is 1. The standard InChI is InChI=1S/C24H42N2O2/c1-7-15-26(16-8-2)17-9-14-25-24(27)18-23(19(3)4)21-10-12-22(13-11-21)28-20(5)6/h10-13,19-20,23H,7-9,14-18H2,1-6H3,(H,25,27). The van der Waals surface area contributed by atoms with E-state index in [4.69, 9.17) is 4.74 Å². The van der Waals surface area contributed by atoms with Crippen LogP contribution in [0.3, 0.4) is 0 Å². The first kappa shape index (κ1) is 24.5. The molecule has 1 N–H and O–H groups in total. The highest BCUT2D eigenvalue weighted by Gasteiger charge is 2.19. The van der Waals surface area contributed by atoms with E-state index in [2.05, 4.69) is 50.0 Å². The van der Waals surface area contributed by atoms with Gasteiger partial charge in [-0.2, -0.15) is 0 Å². The number of hydrogen-bond acceptors (Lipinski definition) is 3. The molecule has 0 bridgehead atoms. The lowest BCUT2D eigenvalue weighted by molar-refractivity contribution is -0.121. The van der Waals surface area contributed by atoms with Crippen LogP contribution in [0.4, 0.5) is 0 Å². The van der Waals surface area contributed by atoms with E-state index in [9.17, 15) is 4.79 Å². The third-order valence-corrected chi connectivity index (χ3v) is 4.94. The monoisotopic (exact) mass is 390 g/mol. The lowest BCUT2D eigenvalue weighted by Gasteiger charge is -2.22. The van der Waals surface area contributed by atoms with Crippen LogP contribution in [0, 0.1) is 5.92 Å². The van der Waals surface area contributed by atoms with Crippen LogP contribution in [-0.4, -0.2) is 43.1 Å². The Balaban J connectivity index is 2.49. The minimum Gasteiger partial charge on any atom is -0.491 e. The maximum absolute atomic E-state index is 12.5. The summed E-state index contributed by atoms with van der Waals surface area (Å²) >= 11 is 0. The van der Waals surface area contributed by atoms with Crippen molar-refractivity contribution in [2.45, 2.75) is 79.2 Å². The summed E-state index contributed by atoms with van der Waals surface area (Å²) in [4.78, 5) is 15.0. The zero-order chi connectivity index (χ0) is 20.9. The molecular weight excluding hydrogens is 348 g/mol. The highest BCUT2D eigenvalue weighted by atomic mass is 16.5. The van der Waals surface area contributed by atoms with Gasteiger partial charge < -0.3 is 15.0 Å². The molecule has 0 fully saturated rings. The predicted octanol–water partition coefficient (Wildman–Crippen LogP) is 5.23.